The molecule has 0 aliphatic heterocycles. The van der Waals surface area contributed by atoms with Crippen LogP contribution in [-0.4, -0.2) is 17.1 Å². The van der Waals surface area contributed by atoms with Crippen molar-refractivity contribution < 1.29 is 13.5 Å². The van der Waals surface area contributed by atoms with E-state index in [0.717, 1.165) is 66.8 Å². The third kappa shape index (κ3) is 4.36. The largest absolute Gasteiger partial charge is 0.497 e. The van der Waals surface area contributed by atoms with Crippen LogP contribution in [0.3, 0.4) is 0 Å². The van der Waals surface area contributed by atoms with Crippen molar-refractivity contribution >= 4 is 21.8 Å². The van der Waals surface area contributed by atoms with E-state index < -0.39 is 0 Å². The van der Waals surface area contributed by atoms with Gasteiger partial charge in [0.2, 0.25) is 0 Å². The minimum absolute atomic E-state index is 0.242. The Bertz CT molecular complexity index is 1860. The monoisotopic (exact) mass is 540 g/mol. The fraction of sp³-hybridized carbons (Fsp3) is 0.0556. The van der Waals surface area contributed by atoms with E-state index in [1.54, 1.807) is 7.11 Å². The van der Waals surface area contributed by atoms with Crippen LogP contribution < -0.4 is 4.74 Å². The van der Waals surface area contributed by atoms with E-state index in [9.17, 15) is 8.78 Å². The van der Waals surface area contributed by atoms with Gasteiger partial charge in [0.15, 0.2) is 0 Å². The first-order valence-corrected chi connectivity index (χ1v) is 13.5. The molecule has 2 heterocycles. The molecule has 0 spiro atoms. The van der Waals surface area contributed by atoms with E-state index in [1.807, 2.05) is 60.7 Å². The number of hydrogen-bond acceptors (Lipinski definition) is 1. The predicted octanol–water partition coefficient (Wildman–Crippen LogP) is 9.45. The molecule has 5 heteroatoms. The van der Waals surface area contributed by atoms with Crippen LogP contribution in [0.2, 0.25) is 0 Å². The van der Waals surface area contributed by atoms with Crippen molar-refractivity contribution in [3.63, 3.8) is 0 Å². The lowest BCUT2D eigenvalue weighted by molar-refractivity contribution is 0.414. The molecule has 2 aromatic heterocycles. The Balaban J connectivity index is 1.60. The van der Waals surface area contributed by atoms with Crippen molar-refractivity contribution in [3.8, 4) is 28.3 Å². The molecule has 0 atom stereocenters. The number of H-pyrrole nitrogens is 2. The Labute approximate surface area is 236 Å². The molecule has 0 fully saturated rings. The summed E-state index contributed by atoms with van der Waals surface area (Å²) >= 11 is 0. The summed E-state index contributed by atoms with van der Waals surface area (Å²) in [6.07, 6.45) is 0. The number of fused-ring (bicyclic) bond motifs is 2. The average Bonchev–Trinajstić information content (AvgIpc) is 3.58. The molecule has 0 bridgehead atoms. The highest BCUT2D eigenvalue weighted by atomic mass is 19.1. The van der Waals surface area contributed by atoms with E-state index in [-0.39, 0.29) is 17.6 Å². The Morgan fingerprint density at radius 3 is 1.41 bits per heavy atom. The zero-order valence-corrected chi connectivity index (χ0v) is 22.3. The molecule has 0 aliphatic rings. The van der Waals surface area contributed by atoms with Crippen LogP contribution in [0.1, 0.15) is 22.6 Å². The number of benzene rings is 5. The van der Waals surface area contributed by atoms with Gasteiger partial charge in [-0.25, -0.2) is 8.78 Å². The fourth-order valence-electron chi connectivity index (χ4n) is 5.89. The van der Waals surface area contributed by atoms with E-state index in [4.69, 9.17) is 4.74 Å². The average molecular weight is 541 g/mol. The summed E-state index contributed by atoms with van der Waals surface area (Å²) in [4.78, 5) is 7.29. The lowest BCUT2D eigenvalue weighted by Crippen LogP contribution is -2.06. The maximum Gasteiger partial charge on any atom is 0.123 e. The maximum absolute atomic E-state index is 14.0. The smallest absolute Gasteiger partial charge is 0.123 e. The minimum atomic E-state index is -0.284. The second-order valence-corrected chi connectivity index (χ2v) is 10.1. The van der Waals surface area contributed by atoms with Crippen molar-refractivity contribution in [2.45, 2.75) is 5.92 Å². The zero-order valence-electron chi connectivity index (χ0n) is 22.3. The molecule has 200 valence electrons. The van der Waals surface area contributed by atoms with Gasteiger partial charge in [0.05, 0.1) is 18.5 Å². The Kier molecular flexibility index (Phi) is 6.12. The summed E-state index contributed by atoms with van der Waals surface area (Å²) in [7, 11) is 1.66. The number of hydrogen-bond donors (Lipinski definition) is 2. The van der Waals surface area contributed by atoms with Crippen LogP contribution in [-0.2, 0) is 0 Å². The first-order valence-electron chi connectivity index (χ1n) is 13.5. The van der Waals surface area contributed by atoms with Crippen LogP contribution in [0.25, 0.3) is 44.3 Å². The lowest BCUT2D eigenvalue weighted by atomic mass is 9.80. The van der Waals surface area contributed by atoms with E-state index in [0.29, 0.717) is 0 Å². The van der Waals surface area contributed by atoms with Gasteiger partial charge in [-0.2, -0.15) is 0 Å². The van der Waals surface area contributed by atoms with E-state index >= 15 is 0 Å². The summed E-state index contributed by atoms with van der Waals surface area (Å²) in [6, 6.07) is 37.8. The number of methoxy groups -OCH3 is 1. The molecule has 7 rings (SSSR count). The summed E-state index contributed by atoms with van der Waals surface area (Å²) in [5.41, 5.74) is 8.80. The molecule has 0 saturated carbocycles. The molecule has 2 N–H and O–H groups in total. The fourth-order valence-corrected chi connectivity index (χ4v) is 5.89. The SMILES string of the molecule is COc1ccc(C(c2c(-c3ccc(F)cc3)[nH]c3ccccc23)c2c(-c3ccc(F)cc3)[nH]c3ccccc23)cc1. The van der Waals surface area contributed by atoms with Crippen LogP contribution >= 0.6 is 0 Å². The molecule has 0 radical (unpaired) electrons. The molecular formula is C36H26F2N2O. The van der Waals surface area contributed by atoms with Crippen molar-refractivity contribution in [1.82, 2.24) is 9.97 Å². The number of para-hydroxylation sites is 2. The van der Waals surface area contributed by atoms with Crippen LogP contribution in [0, 0.1) is 11.6 Å². The van der Waals surface area contributed by atoms with Gasteiger partial charge in [-0.15, -0.1) is 0 Å². The summed E-state index contributed by atoms with van der Waals surface area (Å²) in [5.74, 6) is -0.0436. The quantitative estimate of drug-likeness (QED) is 0.217. The molecule has 7 aromatic rings. The molecule has 5 aromatic carbocycles. The molecular weight excluding hydrogens is 514 g/mol. The molecule has 0 saturated heterocycles. The first-order chi connectivity index (χ1) is 20.1. The van der Waals surface area contributed by atoms with Gasteiger partial charge in [0.1, 0.15) is 17.4 Å². The first kappa shape index (κ1) is 24.9. The second kappa shape index (κ2) is 10.1. The summed E-state index contributed by atoms with van der Waals surface area (Å²) < 4.78 is 33.5. The van der Waals surface area contributed by atoms with Gasteiger partial charge in [0, 0.05) is 27.7 Å². The summed E-state index contributed by atoms with van der Waals surface area (Å²) in [6.45, 7) is 0. The summed E-state index contributed by atoms with van der Waals surface area (Å²) in [5, 5.41) is 2.14. The van der Waals surface area contributed by atoms with Crippen molar-refractivity contribution in [2.24, 2.45) is 0 Å². The molecule has 41 heavy (non-hydrogen) atoms. The molecule has 0 aliphatic carbocycles. The van der Waals surface area contributed by atoms with E-state index in [1.165, 1.54) is 24.3 Å². The molecule has 0 amide bonds. The maximum atomic E-state index is 14.0. The number of ether oxygens (including phenoxy) is 1. The van der Waals surface area contributed by atoms with Crippen LogP contribution in [0.15, 0.2) is 121 Å². The Hall–Kier alpha value is -5.16. The zero-order chi connectivity index (χ0) is 27.9. The highest BCUT2D eigenvalue weighted by Crippen LogP contribution is 2.47. The number of nitrogens with one attached hydrogen (secondary N) is 2. The van der Waals surface area contributed by atoms with Gasteiger partial charge in [-0.1, -0.05) is 48.5 Å². The number of aromatic nitrogens is 2. The number of halogens is 2. The highest BCUT2D eigenvalue weighted by Gasteiger charge is 2.30. The minimum Gasteiger partial charge on any atom is -0.497 e. The van der Waals surface area contributed by atoms with Gasteiger partial charge in [0.25, 0.3) is 0 Å². The van der Waals surface area contributed by atoms with Gasteiger partial charge in [-0.3, -0.25) is 0 Å². The standard InChI is InChI=1S/C36H26F2N2O/c1-41-27-20-14-22(15-21-27)32(33-28-6-2-4-8-30(28)39-35(33)23-10-16-25(37)17-11-23)34-29-7-3-5-9-31(29)40-36(34)24-12-18-26(38)19-13-24/h2-21,32,39-40H,1H3. The Morgan fingerprint density at radius 1 is 0.537 bits per heavy atom. The van der Waals surface area contributed by atoms with Crippen molar-refractivity contribution in [1.29, 1.82) is 0 Å². The molecule has 0 unspecified atom stereocenters. The lowest BCUT2D eigenvalue weighted by Gasteiger charge is -2.22. The second-order valence-electron chi connectivity index (χ2n) is 10.1. The third-order valence-electron chi connectivity index (χ3n) is 7.78. The van der Waals surface area contributed by atoms with Gasteiger partial charge < -0.3 is 14.7 Å². The van der Waals surface area contributed by atoms with Crippen molar-refractivity contribution in [2.75, 3.05) is 7.11 Å². The normalized spacial score (nSPS) is 11.5. The van der Waals surface area contributed by atoms with Crippen LogP contribution in [0.5, 0.6) is 5.75 Å². The number of rotatable bonds is 6. The number of aromatic amines is 2. The van der Waals surface area contributed by atoms with Gasteiger partial charge >= 0.3 is 0 Å². The predicted molar refractivity (Wildman–Crippen MR) is 161 cm³/mol. The van der Waals surface area contributed by atoms with Gasteiger partial charge in [-0.05, 0) is 101 Å². The van der Waals surface area contributed by atoms with E-state index in [2.05, 4.69) is 46.4 Å². The van der Waals surface area contributed by atoms with Crippen LogP contribution in [0.4, 0.5) is 8.78 Å². The Morgan fingerprint density at radius 2 is 0.976 bits per heavy atom. The third-order valence-corrected chi connectivity index (χ3v) is 7.78. The topological polar surface area (TPSA) is 40.8 Å². The molecule has 3 nitrogen and oxygen atoms in total. The highest BCUT2D eigenvalue weighted by molar-refractivity contribution is 5.97. The van der Waals surface area contributed by atoms with Crippen molar-refractivity contribution in [3.05, 3.63) is 150 Å².